The molecule has 0 spiro atoms. The normalized spacial score (nSPS) is 21.9. The van der Waals surface area contributed by atoms with Gasteiger partial charge in [0, 0.05) is 108 Å². The van der Waals surface area contributed by atoms with Crippen molar-refractivity contribution in [1.29, 1.82) is 5.41 Å². The number of likely N-dealkylation sites (N-methyl/N-ethyl adjacent to an activating group) is 1. The predicted molar refractivity (Wildman–Crippen MR) is 258 cm³/mol. The molecule has 0 aromatic carbocycles. The van der Waals surface area contributed by atoms with Gasteiger partial charge >= 0.3 is 0 Å². The van der Waals surface area contributed by atoms with Crippen LogP contribution in [0.3, 0.4) is 0 Å². The molecule has 7 N–H and O–H groups in total. The predicted octanol–water partition coefficient (Wildman–Crippen LogP) is 5.80. The van der Waals surface area contributed by atoms with Crippen LogP contribution < -0.4 is 22.1 Å². The molecule has 0 unspecified atom stereocenters. The van der Waals surface area contributed by atoms with Crippen LogP contribution in [0.5, 0.6) is 0 Å². The Morgan fingerprint density at radius 1 is 0.576 bits per heavy atom. The van der Waals surface area contributed by atoms with E-state index < -0.39 is 0 Å². The van der Waals surface area contributed by atoms with Crippen molar-refractivity contribution in [3.8, 4) is 0 Å². The van der Waals surface area contributed by atoms with Gasteiger partial charge in [-0.25, -0.2) is 0 Å². The quantitative estimate of drug-likeness (QED) is 0.136. The number of piperidine rings is 4. The lowest BCUT2D eigenvalue weighted by Gasteiger charge is -2.38. The van der Waals surface area contributed by atoms with Gasteiger partial charge in [0.1, 0.15) is 0 Å². The first-order chi connectivity index (χ1) is 27.8. The van der Waals surface area contributed by atoms with E-state index in [1.165, 1.54) is 111 Å². The number of hydrogen-bond donors (Lipinski definition) is 5. The molecule has 0 aliphatic carbocycles. The van der Waals surface area contributed by atoms with Gasteiger partial charge in [0.05, 0.1) is 5.82 Å². The molecule has 12 heteroatoms. The van der Waals surface area contributed by atoms with Gasteiger partial charge in [0.25, 0.3) is 0 Å². The largest absolute Gasteiger partial charge is 0.386 e. The van der Waals surface area contributed by atoms with Crippen molar-refractivity contribution in [2.75, 3.05) is 99.2 Å². The smallest absolute Gasteiger partial charge is 0.188 e. The van der Waals surface area contributed by atoms with Gasteiger partial charge in [-0.3, -0.25) is 10.3 Å². The van der Waals surface area contributed by atoms with Gasteiger partial charge in [-0.05, 0) is 166 Å². The van der Waals surface area contributed by atoms with Gasteiger partial charge in [-0.1, -0.05) is 20.4 Å². The monoisotopic (exact) mass is 835 g/mol. The number of hydrogen-bond acceptors (Lipinski definition) is 10. The van der Waals surface area contributed by atoms with Crippen LogP contribution in [0.15, 0.2) is 12.4 Å². The molecule has 5 aliphatic rings. The molecule has 350 valence electrons. The van der Waals surface area contributed by atoms with Crippen LogP contribution in [0.1, 0.15) is 134 Å². The van der Waals surface area contributed by atoms with E-state index in [1.54, 1.807) is 0 Å². The third-order valence-corrected chi connectivity index (χ3v) is 13.6. The number of guanidine groups is 1. The summed E-state index contributed by atoms with van der Waals surface area (Å²) in [6.45, 7) is 46.9. The lowest BCUT2D eigenvalue weighted by molar-refractivity contribution is 0.112. The van der Waals surface area contributed by atoms with E-state index in [1.807, 2.05) is 11.9 Å². The number of rotatable bonds is 10. The minimum Gasteiger partial charge on any atom is -0.386 e. The molecular weight excluding hydrogens is 733 g/mol. The third-order valence-electron chi connectivity index (χ3n) is 13.6. The Kier molecular flexibility index (Phi) is 28.5. The standard InChI is InChI=1S/C10H22N4.C10H21N3.2C9H20N2.C9H19N/c1-8(2)14-6-4-9(5-7-14)13(3)10(11)12;1-8(2)13-6-4-10(5-7-13)12-9(3)11;1-8(2)11-6-4-9(10-3)5-7-11;1-4-10-5-7-11(8-6-10)9(2)3;1-8(2)10-6-4-9(3)5-7-10/h8-9H,4-7H2,1-3H3,(H3,11,12);8,10,12H,3-7,11H2,1-2H3;8-10H,4-7H2,1-3H3;9H,4-8H2,1-3H3;8-9H,4-7H2,1-3H3. The minimum atomic E-state index is 0.188. The van der Waals surface area contributed by atoms with E-state index in [0.717, 1.165) is 56.0 Å². The first kappa shape index (κ1) is 55.3. The van der Waals surface area contributed by atoms with Crippen molar-refractivity contribution in [3.05, 3.63) is 12.4 Å². The van der Waals surface area contributed by atoms with Crippen LogP contribution in [0, 0.1) is 11.3 Å². The molecule has 5 rings (SSSR count). The second kappa shape index (κ2) is 30.4. The molecule has 0 aromatic rings. The molecule has 0 saturated carbocycles. The Balaban J connectivity index is 0.000000371. The van der Waals surface area contributed by atoms with Crippen molar-refractivity contribution in [2.45, 2.75) is 183 Å². The van der Waals surface area contributed by atoms with E-state index in [9.17, 15) is 0 Å². The number of piperazine rings is 1. The van der Waals surface area contributed by atoms with Gasteiger partial charge < -0.3 is 51.5 Å². The third kappa shape index (κ3) is 23.4. The Bertz CT molecular complexity index is 1020. The van der Waals surface area contributed by atoms with Crippen LogP contribution in [-0.4, -0.2) is 188 Å². The second-order valence-electron chi connectivity index (χ2n) is 19.5. The van der Waals surface area contributed by atoms with Crippen LogP contribution in [0.25, 0.3) is 0 Å². The number of nitrogens with zero attached hydrogens (tertiary/aromatic N) is 7. The summed E-state index contributed by atoms with van der Waals surface area (Å²) in [6, 6.07) is 5.29. The maximum atomic E-state index is 7.36. The molecule has 5 aliphatic heterocycles. The SMILES string of the molecule is C=C(N)NC1CCN(C(C)C)CC1.CC(C)N1CCC(N(C)C(=N)N)CC1.CC1CCN(C(C)C)CC1.CCN1CCN(C(C)C)CC1.CNC1CCN(C(C)C)CC1. The molecule has 59 heavy (non-hydrogen) atoms. The van der Waals surface area contributed by atoms with Gasteiger partial charge in [-0.15, -0.1) is 0 Å². The lowest BCUT2D eigenvalue weighted by Crippen LogP contribution is -2.49. The molecule has 5 fully saturated rings. The fourth-order valence-corrected chi connectivity index (χ4v) is 8.65. The molecule has 5 heterocycles. The lowest BCUT2D eigenvalue weighted by atomic mass is 9.98. The molecule has 0 aromatic heterocycles. The van der Waals surface area contributed by atoms with Gasteiger partial charge in [0.2, 0.25) is 0 Å². The molecule has 5 saturated heterocycles. The summed E-state index contributed by atoms with van der Waals surface area (Å²) >= 11 is 0. The summed E-state index contributed by atoms with van der Waals surface area (Å²) in [4.78, 5) is 17.0. The van der Waals surface area contributed by atoms with E-state index in [2.05, 4.69) is 137 Å². The molecule has 0 atom stereocenters. The van der Waals surface area contributed by atoms with Crippen LogP contribution in [-0.2, 0) is 0 Å². The number of likely N-dealkylation sites (tertiary alicyclic amines) is 4. The van der Waals surface area contributed by atoms with E-state index in [-0.39, 0.29) is 5.96 Å². The maximum Gasteiger partial charge on any atom is 0.188 e. The molecule has 12 nitrogen and oxygen atoms in total. The first-order valence-corrected chi connectivity index (χ1v) is 24.2. The van der Waals surface area contributed by atoms with Crippen LogP contribution in [0.2, 0.25) is 0 Å². The zero-order valence-electron chi connectivity index (χ0n) is 41.5. The Morgan fingerprint density at radius 2 is 0.898 bits per heavy atom. The highest BCUT2D eigenvalue weighted by atomic mass is 15.3. The van der Waals surface area contributed by atoms with Crippen molar-refractivity contribution in [2.24, 2.45) is 17.4 Å². The number of nitrogens with one attached hydrogen (secondary N) is 3. The average Bonchev–Trinajstić information content (AvgIpc) is 3.21. The van der Waals surface area contributed by atoms with Crippen LogP contribution >= 0.6 is 0 Å². The van der Waals surface area contributed by atoms with Gasteiger partial charge in [0.15, 0.2) is 5.96 Å². The summed E-state index contributed by atoms with van der Waals surface area (Å²) in [7, 11) is 3.98. The first-order valence-electron chi connectivity index (χ1n) is 24.2. The van der Waals surface area contributed by atoms with E-state index in [4.69, 9.17) is 16.9 Å². The summed E-state index contributed by atoms with van der Waals surface area (Å²) in [5, 5.41) is 13.9. The summed E-state index contributed by atoms with van der Waals surface area (Å²) in [6.07, 6.45) is 10.0. The molecule has 0 amide bonds. The minimum absolute atomic E-state index is 0.188. The van der Waals surface area contributed by atoms with Crippen molar-refractivity contribution < 1.29 is 0 Å². The topological polar surface area (TPSA) is 123 Å². The second-order valence-corrected chi connectivity index (χ2v) is 19.5. The van der Waals surface area contributed by atoms with Crippen molar-refractivity contribution >= 4 is 5.96 Å². The van der Waals surface area contributed by atoms with Crippen molar-refractivity contribution in [3.63, 3.8) is 0 Å². The summed E-state index contributed by atoms with van der Waals surface area (Å²) < 4.78 is 0. The van der Waals surface area contributed by atoms with E-state index >= 15 is 0 Å². The Morgan fingerprint density at radius 3 is 1.20 bits per heavy atom. The van der Waals surface area contributed by atoms with E-state index in [0.29, 0.717) is 30.0 Å². The zero-order valence-corrected chi connectivity index (χ0v) is 41.5. The highest BCUT2D eigenvalue weighted by Gasteiger charge is 2.25. The molecular formula is C47H102N12. The summed E-state index contributed by atoms with van der Waals surface area (Å²) in [5.41, 5.74) is 11.0. The average molecular weight is 835 g/mol. The highest BCUT2D eigenvalue weighted by molar-refractivity contribution is 5.74. The summed E-state index contributed by atoms with van der Waals surface area (Å²) in [5.74, 6) is 1.76. The highest BCUT2D eigenvalue weighted by Crippen LogP contribution is 2.18. The maximum absolute atomic E-state index is 7.36. The molecule has 0 radical (unpaired) electrons. The zero-order chi connectivity index (χ0) is 44.7. The fraction of sp³-hybridized carbons (Fsp3) is 0.936. The van der Waals surface area contributed by atoms with Crippen molar-refractivity contribution in [1.82, 2.24) is 44.9 Å². The number of nitrogens with two attached hydrogens (primary N) is 2. The van der Waals surface area contributed by atoms with Gasteiger partial charge in [-0.2, -0.15) is 0 Å². The Hall–Kier alpha value is -1.67. The Labute approximate surface area is 367 Å². The molecule has 0 bridgehead atoms. The fourth-order valence-electron chi connectivity index (χ4n) is 8.65. The van der Waals surface area contributed by atoms with Crippen LogP contribution in [0.4, 0.5) is 0 Å².